The first kappa shape index (κ1) is 52.1. The zero-order valence-corrected chi connectivity index (χ0v) is 42.2. The molecule has 4 amide bonds. The molecule has 20 heteroatoms. The van der Waals surface area contributed by atoms with Crippen molar-refractivity contribution >= 4 is 80.7 Å². The molecule has 16 nitrogen and oxygen atoms in total. The van der Waals surface area contributed by atoms with Gasteiger partial charge in [0.15, 0.2) is 0 Å². The number of amides is 4. The maximum Gasteiger partial charge on any atom is 0.407 e. The molecule has 0 spiro atoms. The highest BCUT2D eigenvalue weighted by atomic mass is 32.1. The molecular formula is C52H50N8O8S4. The number of hydrogen-bond acceptors (Lipinski definition) is 15. The van der Waals surface area contributed by atoms with Crippen LogP contribution in [0, 0.1) is 10.1 Å². The van der Waals surface area contributed by atoms with E-state index < -0.39 is 47.2 Å². The van der Waals surface area contributed by atoms with Crippen LogP contribution >= 0.6 is 45.3 Å². The Morgan fingerprint density at radius 3 is 1.32 bits per heavy atom. The lowest BCUT2D eigenvalue weighted by Crippen LogP contribution is -2.49. The highest BCUT2D eigenvalue weighted by molar-refractivity contribution is 7.20. The molecule has 0 radical (unpaired) electrons. The van der Waals surface area contributed by atoms with Crippen LogP contribution in [0.3, 0.4) is 0 Å². The number of nitrogens with two attached hydrogens (primary N) is 1. The summed E-state index contributed by atoms with van der Waals surface area (Å²) in [5.74, 6) is -0.711. The predicted molar refractivity (Wildman–Crippen MR) is 283 cm³/mol. The van der Waals surface area contributed by atoms with Gasteiger partial charge in [-0.25, -0.2) is 19.6 Å². The van der Waals surface area contributed by atoms with Crippen LogP contribution in [-0.2, 0) is 44.7 Å². The van der Waals surface area contributed by atoms with Gasteiger partial charge in [0.1, 0.15) is 22.1 Å². The number of nitrogens with zero attached hydrogens (tertiary/aromatic N) is 3. The maximum atomic E-state index is 13.5. The number of nitro groups is 1. The minimum atomic E-state index is -0.885. The molecule has 4 atom stereocenters. The van der Waals surface area contributed by atoms with E-state index in [1.165, 1.54) is 49.0 Å². The third kappa shape index (κ3) is 15.1. The van der Waals surface area contributed by atoms with Gasteiger partial charge in [-0.15, -0.1) is 45.3 Å². The summed E-state index contributed by atoms with van der Waals surface area (Å²) in [6.45, 7) is 0. The van der Waals surface area contributed by atoms with Gasteiger partial charge in [-0.05, 0) is 70.1 Å². The summed E-state index contributed by atoms with van der Waals surface area (Å²) in [7, 11) is 2.52. The average molecular weight is 1040 g/mol. The smallest absolute Gasteiger partial charge is 0.407 e. The summed E-state index contributed by atoms with van der Waals surface area (Å²) in [4.78, 5) is 73.2. The number of ether oxygens (including phenoxy) is 2. The molecule has 0 aliphatic heterocycles. The van der Waals surface area contributed by atoms with Gasteiger partial charge in [0.2, 0.25) is 11.8 Å². The normalized spacial score (nSPS) is 12.4. The molecular weight excluding hydrogens is 993 g/mol. The number of carbonyl (C=O) groups is 4. The number of thiophene rings is 2. The number of nitro benzene ring substituents is 1. The molecule has 72 heavy (non-hydrogen) atoms. The lowest BCUT2D eigenvalue weighted by Gasteiger charge is -2.23. The van der Waals surface area contributed by atoms with Crippen LogP contribution in [-0.4, -0.2) is 65.2 Å². The number of nitrogen functional groups attached to an aromatic ring is 1. The summed E-state index contributed by atoms with van der Waals surface area (Å²) in [6, 6.07) is 38.0. The number of methoxy groups -OCH3 is 2. The van der Waals surface area contributed by atoms with Crippen molar-refractivity contribution in [1.29, 1.82) is 0 Å². The van der Waals surface area contributed by atoms with Gasteiger partial charge in [0.05, 0.1) is 52.4 Å². The van der Waals surface area contributed by atoms with Crippen molar-refractivity contribution in [2.45, 2.75) is 49.9 Å². The fourth-order valence-corrected chi connectivity index (χ4v) is 10.7. The van der Waals surface area contributed by atoms with Gasteiger partial charge in [-0.2, -0.15) is 0 Å². The maximum absolute atomic E-state index is 13.5. The van der Waals surface area contributed by atoms with Gasteiger partial charge < -0.3 is 36.5 Å². The minimum Gasteiger partial charge on any atom is -0.453 e. The standard InChI is InChI=1S/C26H24N4O5S2.C26H26N4O3S2/c1-35-26(32)29-21(15-17-6-3-2-4-7-17)24(31)27-20(14-18-9-11-19(12-10-18)30(33)34)22-16-37-25(28-22)23-8-5-13-36-23;1-33-26(32)30-21(15-17-6-3-2-4-7-17)24(31)28-20(14-18-9-11-19(27)12-10-18)22-16-35-25(29-22)23-8-5-13-34-23/h2-13,16,20-21H,14-15H2,1H3,(H,27,31)(H,29,32);2-13,16,20-21H,14-15,27H2,1H3,(H,28,31)(H,30,32)/t2*20-,21-/m11/s1. The van der Waals surface area contributed by atoms with Crippen molar-refractivity contribution < 1.29 is 33.6 Å². The minimum absolute atomic E-state index is 0.0109. The summed E-state index contributed by atoms with van der Waals surface area (Å²) in [6.07, 6.45) is 0.0995. The highest BCUT2D eigenvalue weighted by Gasteiger charge is 2.28. The Morgan fingerprint density at radius 1 is 0.542 bits per heavy atom. The molecule has 0 aliphatic carbocycles. The van der Waals surface area contributed by atoms with E-state index in [2.05, 4.69) is 21.3 Å². The van der Waals surface area contributed by atoms with Crippen LogP contribution in [0.1, 0.15) is 45.7 Å². The molecule has 4 aromatic carbocycles. The Labute approximate surface area is 431 Å². The van der Waals surface area contributed by atoms with Crippen molar-refractivity contribution in [3.05, 3.63) is 199 Å². The molecule has 0 aliphatic rings. The monoisotopic (exact) mass is 1040 g/mol. The fourth-order valence-electron chi connectivity index (χ4n) is 7.32. The second-order valence-corrected chi connectivity index (χ2v) is 19.7. The topological polar surface area (TPSA) is 230 Å². The Morgan fingerprint density at radius 2 is 0.944 bits per heavy atom. The van der Waals surface area contributed by atoms with E-state index in [9.17, 15) is 29.3 Å². The number of nitrogens with one attached hydrogen (secondary N) is 4. The Balaban J connectivity index is 0.000000212. The van der Waals surface area contributed by atoms with Gasteiger partial charge in [0.25, 0.3) is 5.69 Å². The first-order valence-corrected chi connectivity index (χ1v) is 25.9. The van der Waals surface area contributed by atoms with Crippen LogP contribution in [0.5, 0.6) is 0 Å². The van der Waals surface area contributed by atoms with Crippen LogP contribution in [0.25, 0.3) is 19.8 Å². The van der Waals surface area contributed by atoms with Gasteiger partial charge in [-0.3, -0.25) is 19.7 Å². The van der Waals surface area contributed by atoms with Gasteiger partial charge in [-0.1, -0.05) is 97.1 Å². The SMILES string of the molecule is COC(=O)N[C@H](Cc1ccccc1)C(=O)N[C@H](Cc1ccc(N)cc1)c1csc(-c2cccs2)n1.COC(=O)N[C@H](Cc1ccccc1)C(=O)N[C@H](Cc1ccc([N+](=O)[O-])cc1)c1csc(-c2cccs2)n1. The molecule has 4 heterocycles. The number of carbonyl (C=O) groups excluding carboxylic acids is 4. The number of hydrogen-bond donors (Lipinski definition) is 5. The van der Waals surface area contributed by atoms with Crippen molar-refractivity contribution in [2.75, 3.05) is 20.0 Å². The summed E-state index contributed by atoms with van der Waals surface area (Å²) < 4.78 is 9.49. The number of thiazole rings is 2. The van der Waals surface area contributed by atoms with Gasteiger partial charge >= 0.3 is 12.2 Å². The lowest BCUT2D eigenvalue weighted by atomic mass is 10.0. The van der Waals surface area contributed by atoms with Crippen LogP contribution in [0.2, 0.25) is 0 Å². The highest BCUT2D eigenvalue weighted by Crippen LogP contribution is 2.32. The van der Waals surface area contributed by atoms with E-state index in [-0.39, 0.29) is 18.0 Å². The van der Waals surface area contributed by atoms with Crippen LogP contribution in [0.4, 0.5) is 21.0 Å². The molecule has 0 fully saturated rings. The van der Waals surface area contributed by atoms with Crippen molar-refractivity contribution in [3.8, 4) is 19.8 Å². The Bertz CT molecular complexity index is 2990. The number of anilines is 1. The van der Waals surface area contributed by atoms with Crippen molar-refractivity contribution in [2.24, 2.45) is 0 Å². The summed E-state index contributed by atoms with van der Waals surface area (Å²) in [5, 5.41) is 32.1. The second kappa shape index (κ2) is 25.9. The predicted octanol–water partition coefficient (Wildman–Crippen LogP) is 9.97. The molecule has 370 valence electrons. The van der Waals surface area contributed by atoms with E-state index in [1.54, 1.807) is 34.8 Å². The number of aromatic nitrogens is 2. The molecule has 8 aromatic rings. The summed E-state index contributed by atoms with van der Waals surface area (Å²) >= 11 is 6.21. The van der Waals surface area contributed by atoms with Crippen LogP contribution in [0.15, 0.2) is 155 Å². The third-order valence-corrected chi connectivity index (χ3v) is 14.8. The van der Waals surface area contributed by atoms with E-state index in [4.69, 9.17) is 25.2 Å². The number of non-ortho nitro benzene ring substituents is 1. The Kier molecular flexibility index (Phi) is 18.7. The van der Waals surface area contributed by atoms with Crippen LogP contribution < -0.4 is 27.0 Å². The Hall–Kier alpha value is -7.78. The third-order valence-electron chi connectivity index (χ3n) is 11.0. The lowest BCUT2D eigenvalue weighted by molar-refractivity contribution is -0.384. The van der Waals surface area contributed by atoms with E-state index >= 15 is 0 Å². The van der Waals surface area contributed by atoms with Crippen molar-refractivity contribution in [1.82, 2.24) is 31.2 Å². The average Bonchev–Trinajstić information content (AvgIpc) is 4.26. The van der Waals surface area contributed by atoms with Gasteiger partial charge in [0, 0.05) is 41.4 Å². The second-order valence-electron chi connectivity index (χ2n) is 16.1. The molecule has 8 rings (SSSR count). The van der Waals surface area contributed by atoms with E-state index in [1.807, 2.05) is 131 Å². The zero-order chi connectivity index (χ0) is 50.8. The van der Waals surface area contributed by atoms with E-state index in [0.29, 0.717) is 30.6 Å². The molecule has 0 unspecified atom stereocenters. The number of rotatable bonds is 19. The van der Waals surface area contributed by atoms with E-state index in [0.717, 1.165) is 47.7 Å². The van der Waals surface area contributed by atoms with Crippen molar-refractivity contribution in [3.63, 3.8) is 0 Å². The summed E-state index contributed by atoms with van der Waals surface area (Å²) in [5.41, 5.74) is 11.5. The largest absolute Gasteiger partial charge is 0.453 e. The fraction of sp³-hybridized carbons (Fsp3) is 0.192. The number of alkyl carbamates (subject to hydrolysis) is 2. The molecule has 0 saturated carbocycles. The molecule has 0 bridgehead atoms. The zero-order valence-electron chi connectivity index (χ0n) is 39.0. The first-order valence-electron chi connectivity index (χ1n) is 22.4. The molecule has 4 aromatic heterocycles. The quantitative estimate of drug-likeness (QED) is 0.0291. The molecule has 6 N–H and O–H groups in total. The molecule has 0 saturated heterocycles. The number of benzene rings is 4. The first-order chi connectivity index (χ1) is 34.9.